The molecule has 0 heterocycles. The van der Waals surface area contributed by atoms with Crippen LogP contribution in [0.15, 0.2) is 0 Å². The zero-order valence-corrected chi connectivity index (χ0v) is 11.0. The number of carbonyl (C=O) groups excluding carboxylic acids is 1. The van der Waals surface area contributed by atoms with Gasteiger partial charge in [-0.15, -0.1) is 0 Å². The lowest BCUT2D eigenvalue weighted by Gasteiger charge is -2.35. The van der Waals surface area contributed by atoms with Gasteiger partial charge in [0.15, 0.2) is 0 Å². The summed E-state index contributed by atoms with van der Waals surface area (Å²) in [6.07, 6.45) is 4.79. The normalized spacial score (nSPS) is 24.4. The van der Waals surface area contributed by atoms with Crippen molar-refractivity contribution in [2.45, 2.75) is 65.5 Å². The van der Waals surface area contributed by atoms with Crippen LogP contribution in [0.5, 0.6) is 0 Å². The Morgan fingerprint density at radius 3 is 2.75 bits per heavy atom. The summed E-state index contributed by atoms with van der Waals surface area (Å²) in [5, 5.41) is 3.07. The van der Waals surface area contributed by atoms with Crippen LogP contribution in [0.1, 0.15) is 53.4 Å². The van der Waals surface area contributed by atoms with Gasteiger partial charge in [-0.2, -0.15) is 0 Å². The fraction of sp³-hybridized carbons (Fsp3) is 0.923. The Labute approximate surface area is 98.9 Å². The van der Waals surface area contributed by atoms with Crippen molar-refractivity contribution >= 4 is 5.91 Å². The monoisotopic (exact) mass is 227 g/mol. The maximum absolute atomic E-state index is 11.6. The van der Waals surface area contributed by atoms with Crippen LogP contribution in [0.2, 0.25) is 0 Å². The van der Waals surface area contributed by atoms with Gasteiger partial charge in [0.25, 0.3) is 0 Å². The molecule has 0 aromatic carbocycles. The Balaban J connectivity index is 2.28. The Morgan fingerprint density at radius 2 is 2.19 bits per heavy atom. The smallest absolute Gasteiger partial charge is 0.246 e. The van der Waals surface area contributed by atoms with E-state index < -0.39 is 0 Å². The molecular weight excluding hydrogens is 202 g/mol. The van der Waals surface area contributed by atoms with Crippen LogP contribution in [-0.2, 0) is 9.53 Å². The minimum absolute atomic E-state index is 0.0244. The van der Waals surface area contributed by atoms with E-state index in [0.29, 0.717) is 11.5 Å². The molecule has 0 bridgehead atoms. The average molecular weight is 227 g/mol. The van der Waals surface area contributed by atoms with Crippen molar-refractivity contribution < 1.29 is 9.53 Å². The summed E-state index contributed by atoms with van der Waals surface area (Å²) in [5.74, 6) is 0.0244. The highest BCUT2D eigenvalue weighted by atomic mass is 16.5. The van der Waals surface area contributed by atoms with Crippen molar-refractivity contribution in [2.75, 3.05) is 6.61 Å². The topological polar surface area (TPSA) is 38.3 Å². The van der Waals surface area contributed by atoms with Crippen LogP contribution < -0.4 is 5.32 Å². The summed E-state index contributed by atoms with van der Waals surface area (Å²) < 4.78 is 5.29. The number of rotatable bonds is 4. The molecule has 1 aliphatic rings. The molecule has 0 aromatic rings. The molecule has 1 amide bonds. The van der Waals surface area contributed by atoms with Crippen molar-refractivity contribution in [3.05, 3.63) is 0 Å². The molecule has 1 fully saturated rings. The molecule has 1 aliphatic carbocycles. The van der Waals surface area contributed by atoms with E-state index in [0.717, 1.165) is 12.8 Å². The fourth-order valence-electron chi connectivity index (χ4n) is 2.33. The lowest BCUT2D eigenvalue weighted by atomic mass is 9.75. The number of ether oxygens (including phenoxy) is 1. The minimum Gasteiger partial charge on any atom is -0.369 e. The number of hydrogen-bond acceptors (Lipinski definition) is 2. The van der Waals surface area contributed by atoms with E-state index in [1.54, 1.807) is 0 Å². The first-order valence-electron chi connectivity index (χ1n) is 6.30. The van der Waals surface area contributed by atoms with E-state index in [-0.39, 0.29) is 18.6 Å². The van der Waals surface area contributed by atoms with Crippen LogP contribution in [0.3, 0.4) is 0 Å². The number of hydrogen-bond donors (Lipinski definition) is 1. The van der Waals surface area contributed by atoms with Gasteiger partial charge in [-0.1, -0.05) is 20.3 Å². The van der Waals surface area contributed by atoms with Crippen LogP contribution in [0.4, 0.5) is 0 Å². The zero-order valence-electron chi connectivity index (χ0n) is 11.0. The van der Waals surface area contributed by atoms with E-state index >= 15 is 0 Å². The van der Waals surface area contributed by atoms with Gasteiger partial charge in [-0.25, -0.2) is 0 Å². The first kappa shape index (κ1) is 13.5. The number of nitrogens with one attached hydrogen (secondary N) is 1. The van der Waals surface area contributed by atoms with Gasteiger partial charge >= 0.3 is 0 Å². The maximum atomic E-state index is 11.6. The highest BCUT2D eigenvalue weighted by Crippen LogP contribution is 2.34. The van der Waals surface area contributed by atoms with E-state index in [1.165, 1.54) is 12.8 Å². The summed E-state index contributed by atoms with van der Waals surface area (Å²) in [5.41, 5.74) is 0.370. The largest absolute Gasteiger partial charge is 0.369 e. The van der Waals surface area contributed by atoms with Crippen LogP contribution in [0, 0.1) is 5.41 Å². The molecule has 0 saturated heterocycles. The Morgan fingerprint density at radius 1 is 1.50 bits per heavy atom. The third-order valence-electron chi connectivity index (χ3n) is 3.12. The van der Waals surface area contributed by atoms with E-state index in [4.69, 9.17) is 4.74 Å². The molecule has 1 N–H and O–H groups in total. The predicted octanol–water partition coefficient (Wildman–Crippen LogP) is 2.50. The molecule has 3 nitrogen and oxygen atoms in total. The molecule has 1 unspecified atom stereocenters. The van der Waals surface area contributed by atoms with Gasteiger partial charge in [0.1, 0.15) is 6.61 Å². The second-order valence-corrected chi connectivity index (χ2v) is 5.88. The molecule has 16 heavy (non-hydrogen) atoms. The van der Waals surface area contributed by atoms with Crippen molar-refractivity contribution in [2.24, 2.45) is 5.41 Å². The van der Waals surface area contributed by atoms with Crippen LogP contribution in [-0.4, -0.2) is 24.7 Å². The Hall–Kier alpha value is -0.570. The summed E-state index contributed by atoms with van der Waals surface area (Å²) in [4.78, 5) is 11.6. The summed E-state index contributed by atoms with van der Waals surface area (Å²) in [6, 6.07) is 0.340. The first-order chi connectivity index (χ1) is 7.39. The van der Waals surface area contributed by atoms with E-state index in [9.17, 15) is 4.79 Å². The highest BCUT2D eigenvalue weighted by molar-refractivity contribution is 5.77. The average Bonchev–Trinajstić information content (AvgIpc) is 2.13. The number of carbonyl (C=O) groups is 1. The lowest BCUT2D eigenvalue weighted by Crippen LogP contribution is -2.42. The van der Waals surface area contributed by atoms with Gasteiger partial charge in [0.05, 0.1) is 6.10 Å². The molecule has 1 atom stereocenters. The van der Waals surface area contributed by atoms with Gasteiger partial charge in [-0.3, -0.25) is 4.79 Å². The molecule has 3 heteroatoms. The van der Waals surface area contributed by atoms with E-state index in [2.05, 4.69) is 19.2 Å². The van der Waals surface area contributed by atoms with E-state index in [1.807, 2.05) is 13.8 Å². The SMILES string of the molecule is CC(C)OCC(=O)NC1CCCC(C)(C)C1. The van der Waals surface area contributed by atoms with Gasteiger partial charge in [0.2, 0.25) is 5.91 Å². The molecule has 0 spiro atoms. The molecule has 0 radical (unpaired) electrons. The Bertz CT molecular complexity index is 236. The maximum Gasteiger partial charge on any atom is 0.246 e. The fourth-order valence-corrected chi connectivity index (χ4v) is 2.33. The number of amides is 1. The minimum atomic E-state index is 0.0244. The quantitative estimate of drug-likeness (QED) is 0.801. The third-order valence-corrected chi connectivity index (χ3v) is 3.12. The van der Waals surface area contributed by atoms with Crippen LogP contribution >= 0.6 is 0 Å². The molecule has 0 aliphatic heterocycles. The standard InChI is InChI=1S/C13H25NO2/c1-10(2)16-9-12(15)14-11-6-5-7-13(3,4)8-11/h10-11H,5-9H2,1-4H3,(H,14,15). The zero-order chi connectivity index (χ0) is 12.2. The van der Waals surface area contributed by atoms with Gasteiger partial charge in [-0.05, 0) is 38.5 Å². The Kier molecular flexibility index (Phi) is 4.78. The van der Waals surface area contributed by atoms with Crippen molar-refractivity contribution in [1.82, 2.24) is 5.32 Å². The lowest BCUT2D eigenvalue weighted by molar-refractivity contribution is -0.128. The molecule has 0 aromatic heterocycles. The molecule has 1 rings (SSSR count). The molecule has 1 saturated carbocycles. The summed E-state index contributed by atoms with van der Waals surface area (Å²) in [7, 11) is 0. The van der Waals surface area contributed by atoms with Crippen molar-refractivity contribution in [1.29, 1.82) is 0 Å². The van der Waals surface area contributed by atoms with Crippen molar-refractivity contribution in [3.8, 4) is 0 Å². The van der Waals surface area contributed by atoms with Gasteiger partial charge < -0.3 is 10.1 Å². The van der Waals surface area contributed by atoms with Crippen LogP contribution in [0.25, 0.3) is 0 Å². The third kappa shape index (κ3) is 4.97. The summed E-state index contributed by atoms with van der Waals surface area (Å²) >= 11 is 0. The second-order valence-electron chi connectivity index (χ2n) is 5.88. The summed E-state index contributed by atoms with van der Waals surface area (Å²) in [6.45, 7) is 8.62. The first-order valence-corrected chi connectivity index (χ1v) is 6.30. The molecular formula is C13H25NO2. The predicted molar refractivity (Wildman–Crippen MR) is 65.3 cm³/mol. The van der Waals surface area contributed by atoms with Gasteiger partial charge in [0, 0.05) is 6.04 Å². The molecule has 94 valence electrons. The highest BCUT2D eigenvalue weighted by Gasteiger charge is 2.28. The van der Waals surface area contributed by atoms with Crippen molar-refractivity contribution in [3.63, 3.8) is 0 Å². The second kappa shape index (κ2) is 5.67.